The van der Waals surface area contributed by atoms with E-state index in [1.807, 2.05) is 19.1 Å². The molecule has 0 saturated carbocycles. The highest BCUT2D eigenvalue weighted by Crippen LogP contribution is 2.27. The number of rotatable bonds is 4. The van der Waals surface area contributed by atoms with Crippen molar-refractivity contribution in [2.24, 2.45) is 0 Å². The van der Waals surface area contributed by atoms with Crippen molar-refractivity contribution in [3.05, 3.63) is 21.9 Å². The van der Waals surface area contributed by atoms with Crippen molar-refractivity contribution in [2.75, 3.05) is 13.2 Å². The first-order valence-corrected chi connectivity index (χ1v) is 6.55. The monoisotopic (exact) mass is 242 g/mol. The largest absolute Gasteiger partial charge is 0.388 e. The van der Waals surface area contributed by atoms with Crippen molar-refractivity contribution in [1.29, 1.82) is 0 Å². The Morgan fingerprint density at radius 1 is 1.44 bits per heavy atom. The molecule has 16 heavy (non-hydrogen) atoms. The van der Waals surface area contributed by atoms with Crippen LogP contribution in [0.25, 0.3) is 0 Å². The molecule has 0 radical (unpaired) electrons. The van der Waals surface area contributed by atoms with E-state index >= 15 is 0 Å². The molecule has 1 fully saturated rings. The number of ether oxygens (including phenoxy) is 2. The van der Waals surface area contributed by atoms with Gasteiger partial charge in [-0.15, -0.1) is 11.3 Å². The maximum Gasteiger partial charge on any atom is 0.157 e. The summed E-state index contributed by atoms with van der Waals surface area (Å²) in [5.74, 6) is 0. The second-order valence-electron chi connectivity index (χ2n) is 4.07. The maximum absolute atomic E-state index is 9.96. The third kappa shape index (κ3) is 3.28. The summed E-state index contributed by atoms with van der Waals surface area (Å²) in [5.41, 5.74) is 0. The smallest absolute Gasteiger partial charge is 0.157 e. The SMILES string of the molecule is Cc1ccc([C@@H](O)CCC2OCCCO2)s1. The molecule has 1 N–H and O–H groups in total. The van der Waals surface area contributed by atoms with Crippen LogP contribution in [0.2, 0.25) is 0 Å². The van der Waals surface area contributed by atoms with Crippen LogP contribution in [-0.2, 0) is 9.47 Å². The molecular weight excluding hydrogens is 224 g/mol. The first-order chi connectivity index (χ1) is 7.75. The highest BCUT2D eigenvalue weighted by atomic mass is 32.1. The zero-order chi connectivity index (χ0) is 11.4. The van der Waals surface area contributed by atoms with Crippen LogP contribution in [0.4, 0.5) is 0 Å². The van der Waals surface area contributed by atoms with E-state index in [0.717, 1.165) is 30.9 Å². The quantitative estimate of drug-likeness (QED) is 0.882. The van der Waals surface area contributed by atoms with Gasteiger partial charge in [-0.3, -0.25) is 0 Å². The summed E-state index contributed by atoms with van der Waals surface area (Å²) in [6, 6.07) is 4.03. The van der Waals surface area contributed by atoms with Crippen LogP contribution in [0.3, 0.4) is 0 Å². The molecule has 1 aromatic rings. The molecule has 1 atom stereocenters. The van der Waals surface area contributed by atoms with Gasteiger partial charge in [-0.05, 0) is 31.9 Å². The number of aliphatic hydroxyl groups excluding tert-OH is 1. The van der Waals surface area contributed by atoms with Crippen LogP contribution in [0.1, 0.15) is 35.1 Å². The van der Waals surface area contributed by atoms with E-state index < -0.39 is 0 Å². The first-order valence-electron chi connectivity index (χ1n) is 5.73. The molecule has 0 spiro atoms. The lowest BCUT2D eigenvalue weighted by Gasteiger charge is -2.23. The topological polar surface area (TPSA) is 38.7 Å². The molecular formula is C12H18O3S. The van der Waals surface area contributed by atoms with Crippen molar-refractivity contribution in [2.45, 2.75) is 38.6 Å². The van der Waals surface area contributed by atoms with Crippen LogP contribution >= 0.6 is 11.3 Å². The van der Waals surface area contributed by atoms with Gasteiger partial charge in [0.1, 0.15) is 0 Å². The number of aliphatic hydroxyl groups is 1. The van der Waals surface area contributed by atoms with Gasteiger partial charge in [-0.2, -0.15) is 0 Å². The fraction of sp³-hybridized carbons (Fsp3) is 0.667. The lowest BCUT2D eigenvalue weighted by molar-refractivity contribution is -0.183. The van der Waals surface area contributed by atoms with E-state index in [1.54, 1.807) is 11.3 Å². The van der Waals surface area contributed by atoms with Gasteiger partial charge in [0, 0.05) is 16.2 Å². The second kappa shape index (κ2) is 5.77. The van der Waals surface area contributed by atoms with Gasteiger partial charge in [0.05, 0.1) is 19.3 Å². The molecule has 3 nitrogen and oxygen atoms in total. The fourth-order valence-electron chi connectivity index (χ4n) is 1.77. The minimum absolute atomic E-state index is 0.121. The standard InChI is InChI=1S/C12H18O3S/c1-9-3-5-11(16-9)10(13)4-6-12-14-7-2-8-15-12/h3,5,10,12-13H,2,4,6-8H2,1H3/t10-/m0/s1. The lowest BCUT2D eigenvalue weighted by atomic mass is 10.1. The summed E-state index contributed by atoms with van der Waals surface area (Å²) >= 11 is 1.65. The Hall–Kier alpha value is -0.420. The van der Waals surface area contributed by atoms with Crippen LogP contribution in [0, 0.1) is 6.92 Å². The van der Waals surface area contributed by atoms with Crippen LogP contribution in [0.5, 0.6) is 0 Å². The number of aryl methyl sites for hydroxylation is 1. The molecule has 90 valence electrons. The van der Waals surface area contributed by atoms with Gasteiger partial charge in [-0.1, -0.05) is 0 Å². The Morgan fingerprint density at radius 2 is 2.19 bits per heavy atom. The van der Waals surface area contributed by atoms with E-state index in [1.165, 1.54) is 4.88 Å². The van der Waals surface area contributed by atoms with E-state index in [0.29, 0.717) is 6.42 Å². The van der Waals surface area contributed by atoms with Gasteiger partial charge in [0.15, 0.2) is 6.29 Å². The summed E-state index contributed by atoms with van der Waals surface area (Å²) in [5, 5.41) is 9.96. The van der Waals surface area contributed by atoms with Crippen LogP contribution in [0.15, 0.2) is 12.1 Å². The van der Waals surface area contributed by atoms with E-state index in [2.05, 4.69) is 0 Å². The Bertz CT molecular complexity index is 318. The van der Waals surface area contributed by atoms with Crippen molar-refractivity contribution in [3.8, 4) is 0 Å². The summed E-state index contributed by atoms with van der Waals surface area (Å²) in [7, 11) is 0. The molecule has 2 heterocycles. The van der Waals surface area contributed by atoms with Gasteiger partial charge >= 0.3 is 0 Å². The van der Waals surface area contributed by atoms with Gasteiger partial charge in [0.25, 0.3) is 0 Å². The molecule has 1 aromatic heterocycles. The van der Waals surface area contributed by atoms with E-state index in [-0.39, 0.29) is 12.4 Å². The molecule has 4 heteroatoms. The third-order valence-electron chi connectivity index (χ3n) is 2.66. The van der Waals surface area contributed by atoms with Gasteiger partial charge in [0.2, 0.25) is 0 Å². The Kier molecular flexibility index (Phi) is 4.35. The minimum Gasteiger partial charge on any atom is -0.388 e. The summed E-state index contributed by atoms with van der Waals surface area (Å²) in [6.45, 7) is 3.60. The molecule has 2 rings (SSSR count). The van der Waals surface area contributed by atoms with E-state index in [9.17, 15) is 5.11 Å². The Labute approximate surface area is 100 Å². The normalized spacial score (nSPS) is 19.9. The zero-order valence-electron chi connectivity index (χ0n) is 9.52. The maximum atomic E-state index is 9.96. The molecule has 0 amide bonds. The average molecular weight is 242 g/mol. The van der Waals surface area contributed by atoms with E-state index in [4.69, 9.17) is 9.47 Å². The number of hydrogen-bond acceptors (Lipinski definition) is 4. The molecule has 0 unspecified atom stereocenters. The Morgan fingerprint density at radius 3 is 2.81 bits per heavy atom. The molecule has 0 aliphatic carbocycles. The van der Waals surface area contributed by atoms with Crippen molar-refractivity contribution < 1.29 is 14.6 Å². The zero-order valence-corrected chi connectivity index (χ0v) is 10.3. The molecule has 1 aliphatic rings. The van der Waals surface area contributed by atoms with Crippen molar-refractivity contribution in [1.82, 2.24) is 0 Å². The van der Waals surface area contributed by atoms with Crippen molar-refractivity contribution >= 4 is 11.3 Å². The summed E-state index contributed by atoms with van der Waals surface area (Å²) in [4.78, 5) is 2.27. The van der Waals surface area contributed by atoms with Crippen LogP contribution in [-0.4, -0.2) is 24.6 Å². The van der Waals surface area contributed by atoms with Gasteiger partial charge < -0.3 is 14.6 Å². The highest BCUT2D eigenvalue weighted by molar-refractivity contribution is 7.11. The molecule has 1 saturated heterocycles. The Balaban J connectivity index is 1.76. The van der Waals surface area contributed by atoms with Crippen molar-refractivity contribution in [3.63, 3.8) is 0 Å². The first kappa shape index (κ1) is 12.0. The molecule has 0 aromatic carbocycles. The summed E-state index contributed by atoms with van der Waals surface area (Å²) in [6.07, 6.45) is 1.93. The van der Waals surface area contributed by atoms with Crippen LogP contribution < -0.4 is 0 Å². The molecule has 0 bridgehead atoms. The molecule has 1 aliphatic heterocycles. The highest BCUT2D eigenvalue weighted by Gasteiger charge is 2.17. The number of thiophene rings is 1. The summed E-state index contributed by atoms with van der Waals surface area (Å²) < 4.78 is 10.9. The second-order valence-corrected chi connectivity index (χ2v) is 5.39. The number of hydrogen-bond donors (Lipinski definition) is 1. The van der Waals surface area contributed by atoms with Gasteiger partial charge in [-0.25, -0.2) is 0 Å². The lowest BCUT2D eigenvalue weighted by Crippen LogP contribution is -2.25. The fourth-order valence-corrected chi connectivity index (χ4v) is 2.67. The average Bonchev–Trinajstić information content (AvgIpc) is 2.74. The predicted octanol–water partition coefficient (Wildman–Crippen LogP) is 2.63. The third-order valence-corrected chi connectivity index (χ3v) is 3.76. The predicted molar refractivity (Wildman–Crippen MR) is 63.6 cm³/mol. The minimum atomic E-state index is -0.382.